The van der Waals surface area contributed by atoms with E-state index in [1.807, 2.05) is 48.4 Å². The second-order valence-corrected chi connectivity index (χ2v) is 6.21. The molecular formula is C18H15N5S. The van der Waals surface area contributed by atoms with Gasteiger partial charge in [-0.15, -0.1) is 0 Å². The van der Waals surface area contributed by atoms with Crippen molar-refractivity contribution in [3.05, 3.63) is 67.3 Å². The number of fused-ring (bicyclic) bond motifs is 1. The summed E-state index contributed by atoms with van der Waals surface area (Å²) in [6, 6.07) is 14.1. The molecule has 0 unspecified atom stereocenters. The molecule has 0 saturated carbocycles. The van der Waals surface area contributed by atoms with Crippen LogP contribution in [0.5, 0.6) is 0 Å². The largest absolute Gasteiger partial charge is 0.324 e. The number of nitrogens with one attached hydrogen (secondary N) is 1. The lowest BCUT2D eigenvalue weighted by molar-refractivity contribution is 0.798. The molecule has 0 aliphatic rings. The Balaban J connectivity index is 1.52. The van der Waals surface area contributed by atoms with E-state index in [1.54, 1.807) is 12.4 Å². The standard InChI is InChI=1S/C18H15N5S/c1-23-18-14(11-21-23)3-2-4-17(18)22-24-15-5-6-16(20-12-15)13-7-9-19-10-8-13/h2-12,22H,1H3. The summed E-state index contributed by atoms with van der Waals surface area (Å²) in [4.78, 5) is 9.60. The summed E-state index contributed by atoms with van der Waals surface area (Å²) in [6.45, 7) is 0. The smallest absolute Gasteiger partial charge is 0.0918 e. The molecule has 5 nitrogen and oxygen atoms in total. The number of anilines is 1. The molecule has 0 aliphatic heterocycles. The number of aryl methyl sites for hydroxylation is 1. The van der Waals surface area contributed by atoms with Crippen molar-refractivity contribution < 1.29 is 0 Å². The van der Waals surface area contributed by atoms with Crippen LogP contribution < -0.4 is 4.72 Å². The number of benzene rings is 1. The molecule has 0 saturated heterocycles. The Labute approximate surface area is 143 Å². The van der Waals surface area contributed by atoms with Crippen LogP contribution in [0.4, 0.5) is 5.69 Å². The molecular weight excluding hydrogens is 318 g/mol. The van der Waals surface area contributed by atoms with Crippen molar-refractivity contribution in [1.82, 2.24) is 19.7 Å². The molecule has 1 aromatic carbocycles. The van der Waals surface area contributed by atoms with E-state index in [0.29, 0.717) is 0 Å². The molecule has 1 N–H and O–H groups in total. The first-order valence-corrected chi connectivity index (χ1v) is 8.33. The third kappa shape index (κ3) is 2.83. The van der Waals surface area contributed by atoms with Crippen LogP contribution in [0.25, 0.3) is 22.2 Å². The topological polar surface area (TPSA) is 55.6 Å². The summed E-state index contributed by atoms with van der Waals surface area (Å²) in [5.41, 5.74) is 4.13. The highest BCUT2D eigenvalue weighted by molar-refractivity contribution is 8.00. The summed E-state index contributed by atoms with van der Waals surface area (Å²) in [7, 11) is 1.95. The van der Waals surface area contributed by atoms with E-state index in [9.17, 15) is 0 Å². The lowest BCUT2D eigenvalue weighted by atomic mass is 10.2. The second kappa shape index (κ2) is 6.33. The predicted octanol–water partition coefficient (Wildman–Crippen LogP) is 4.15. The molecule has 4 rings (SSSR count). The van der Waals surface area contributed by atoms with E-state index < -0.39 is 0 Å². The molecule has 0 bridgehead atoms. The molecule has 6 heteroatoms. The van der Waals surface area contributed by atoms with Crippen molar-refractivity contribution in [3.8, 4) is 11.3 Å². The van der Waals surface area contributed by atoms with Crippen molar-refractivity contribution in [2.45, 2.75) is 4.90 Å². The fraction of sp³-hybridized carbons (Fsp3) is 0.0556. The minimum absolute atomic E-state index is 0.940. The molecule has 0 fully saturated rings. The molecule has 0 radical (unpaired) electrons. The van der Waals surface area contributed by atoms with Gasteiger partial charge in [-0.25, -0.2) is 0 Å². The van der Waals surface area contributed by atoms with Gasteiger partial charge in [0.1, 0.15) is 0 Å². The van der Waals surface area contributed by atoms with Gasteiger partial charge in [0.05, 0.1) is 23.1 Å². The molecule has 0 atom stereocenters. The number of aromatic nitrogens is 4. The van der Waals surface area contributed by atoms with Crippen molar-refractivity contribution in [2.24, 2.45) is 7.05 Å². The Morgan fingerprint density at radius 2 is 1.88 bits per heavy atom. The van der Waals surface area contributed by atoms with Gasteiger partial charge in [0, 0.05) is 41.5 Å². The Hall–Kier alpha value is -2.86. The molecule has 3 heterocycles. The third-order valence-corrected chi connectivity index (χ3v) is 4.55. The molecule has 24 heavy (non-hydrogen) atoms. The predicted molar refractivity (Wildman–Crippen MR) is 97.7 cm³/mol. The maximum Gasteiger partial charge on any atom is 0.0918 e. The fourth-order valence-corrected chi connectivity index (χ4v) is 3.20. The quantitative estimate of drug-likeness (QED) is 0.569. The van der Waals surface area contributed by atoms with E-state index in [-0.39, 0.29) is 0 Å². The fourth-order valence-electron chi connectivity index (χ4n) is 2.56. The number of hydrogen-bond donors (Lipinski definition) is 1. The van der Waals surface area contributed by atoms with Crippen molar-refractivity contribution in [1.29, 1.82) is 0 Å². The van der Waals surface area contributed by atoms with Crippen LogP contribution in [-0.2, 0) is 7.05 Å². The maximum absolute atomic E-state index is 4.52. The Morgan fingerprint density at radius 3 is 2.67 bits per heavy atom. The zero-order chi connectivity index (χ0) is 16.4. The van der Waals surface area contributed by atoms with Crippen molar-refractivity contribution >= 4 is 28.5 Å². The highest BCUT2D eigenvalue weighted by Crippen LogP contribution is 2.28. The van der Waals surface area contributed by atoms with E-state index in [4.69, 9.17) is 0 Å². The van der Waals surface area contributed by atoms with E-state index in [0.717, 1.165) is 32.7 Å². The van der Waals surface area contributed by atoms with Crippen molar-refractivity contribution in [3.63, 3.8) is 0 Å². The lowest BCUT2D eigenvalue weighted by Crippen LogP contribution is -1.94. The average molecular weight is 333 g/mol. The number of hydrogen-bond acceptors (Lipinski definition) is 5. The number of rotatable bonds is 4. The maximum atomic E-state index is 4.52. The molecule has 0 aliphatic carbocycles. The minimum atomic E-state index is 0.940. The summed E-state index contributed by atoms with van der Waals surface area (Å²) in [5, 5.41) is 5.43. The Morgan fingerprint density at radius 1 is 1.00 bits per heavy atom. The molecule has 4 aromatic rings. The van der Waals surface area contributed by atoms with Gasteiger partial charge in [-0.3, -0.25) is 14.6 Å². The van der Waals surface area contributed by atoms with E-state index >= 15 is 0 Å². The van der Waals surface area contributed by atoms with Crippen LogP contribution in [0.2, 0.25) is 0 Å². The first-order chi connectivity index (χ1) is 11.8. The average Bonchev–Trinajstić information content (AvgIpc) is 3.03. The minimum Gasteiger partial charge on any atom is -0.324 e. The second-order valence-electron chi connectivity index (χ2n) is 5.33. The Bertz CT molecular complexity index is 964. The van der Waals surface area contributed by atoms with E-state index in [1.165, 1.54) is 11.9 Å². The van der Waals surface area contributed by atoms with Crippen LogP contribution in [-0.4, -0.2) is 19.7 Å². The lowest BCUT2D eigenvalue weighted by Gasteiger charge is -2.08. The normalized spacial score (nSPS) is 10.9. The molecule has 0 spiro atoms. The van der Waals surface area contributed by atoms with Crippen LogP contribution in [0.3, 0.4) is 0 Å². The van der Waals surface area contributed by atoms with E-state index in [2.05, 4.69) is 38.0 Å². The van der Waals surface area contributed by atoms with Gasteiger partial charge >= 0.3 is 0 Å². The highest BCUT2D eigenvalue weighted by atomic mass is 32.2. The van der Waals surface area contributed by atoms with Crippen LogP contribution >= 0.6 is 11.9 Å². The first-order valence-electron chi connectivity index (χ1n) is 7.51. The Kier molecular flexibility index (Phi) is 3.88. The summed E-state index contributed by atoms with van der Waals surface area (Å²) >= 11 is 1.54. The molecule has 0 amide bonds. The van der Waals surface area contributed by atoms with Gasteiger partial charge in [0.25, 0.3) is 0 Å². The molecule has 3 aromatic heterocycles. The third-order valence-electron chi connectivity index (χ3n) is 3.75. The summed E-state index contributed by atoms with van der Waals surface area (Å²) < 4.78 is 5.27. The first kappa shape index (κ1) is 14.7. The van der Waals surface area contributed by atoms with Crippen LogP contribution in [0.15, 0.2) is 72.1 Å². The van der Waals surface area contributed by atoms with Gasteiger partial charge < -0.3 is 4.72 Å². The monoisotopic (exact) mass is 333 g/mol. The van der Waals surface area contributed by atoms with Crippen molar-refractivity contribution in [2.75, 3.05) is 4.72 Å². The van der Waals surface area contributed by atoms with Gasteiger partial charge in [0.2, 0.25) is 0 Å². The van der Waals surface area contributed by atoms with Gasteiger partial charge in [0.15, 0.2) is 0 Å². The zero-order valence-corrected chi connectivity index (χ0v) is 13.9. The van der Waals surface area contributed by atoms with Gasteiger partial charge in [-0.05, 0) is 42.3 Å². The van der Waals surface area contributed by atoms with Gasteiger partial charge in [-0.1, -0.05) is 12.1 Å². The summed E-state index contributed by atoms with van der Waals surface area (Å²) in [5.74, 6) is 0. The number of para-hydroxylation sites is 1. The number of nitrogens with zero attached hydrogens (tertiary/aromatic N) is 4. The number of pyridine rings is 2. The summed E-state index contributed by atoms with van der Waals surface area (Å²) in [6.07, 6.45) is 7.29. The zero-order valence-electron chi connectivity index (χ0n) is 13.0. The van der Waals surface area contributed by atoms with Crippen LogP contribution in [0, 0.1) is 0 Å². The highest BCUT2D eigenvalue weighted by Gasteiger charge is 2.06. The van der Waals surface area contributed by atoms with Crippen LogP contribution in [0.1, 0.15) is 0 Å². The molecule has 118 valence electrons. The SMILES string of the molecule is Cn1ncc2cccc(NSc3ccc(-c4ccncc4)nc3)c21. The van der Waals surface area contributed by atoms with Gasteiger partial charge in [-0.2, -0.15) is 5.10 Å².